The quantitative estimate of drug-likeness (QED) is 0.756. The molecule has 4 rings (SSSR count). The van der Waals surface area contributed by atoms with Gasteiger partial charge in [-0.2, -0.15) is 4.98 Å². The van der Waals surface area contributed by atoms with Crippen molar-refractivity contribution in [2.24, 2.45) is 5.73 Å². The Kier molecular flexibility index (Phi) is 3.17. The lowest BCUT2D eigenvalue weighted by molar-refractivity contribution is 0.0787. The molecule has 0 aliphatic carbocycles. The van der Waals surface area contributed by atoms with Crippen LogP contribution in [0.25, 0.3) is 17.3 Å². The van der Waals surface area contributed by atoms with Gasteiger partial charge in [0.15, 0.2) is 11.5 Å². The number of hydrogen-bond acceptors (Lipinski definition) is 6. The molecule has 0 atom stereocenters. The second-order valence-electron chi connectivity index (χ2n) is 5.45. The van der Waals surface area contributed by atoms with Crippen molar-refractivity contribution < 1.29 is 13.7 Å². The third-order valence-electron chi connectivity index (χ3n) is 3.90. The van der Waals surface area contributed by atoms with Crippen LogP contribution in [-0.2, 0) is 13.1 Å². The fourth-order valence-electron chi connectivity index (χ4n) is 2.74. The fraction of sp³-hybridized carbons (Fsp3) is 0.200. The molecule has 1 aliphatic heterocycles. The highest BCUT2D eigenvalue weighted by Crippen LogP contribution is 2.30. The number of benzene rings is 1. The maximum Gasteiger partial charge on any atom is 0.278 e. The van der Waals surface area contributed by atoms with Crippen LogP contribution in [0.4, 0.5) is 4.39 Å². The van der Waals surface area contributed by atoms with Gasteiger partial charge in [-0.15, -0.1) is 0 Å². The molecule has 0 saturated heterocycles. The Morgan fingerprint density at radius 1 is 1.42 bits per heavy atom. The molecule has 2 aromatic heterocycles. The first-order chi connectivity index (χ1) is 11.6. The van der Waals surface area contributed by atoms with Gasteiger partial charge in [-0.3, -0.25) is 9.36 Å². The predicted molar refractivity (Wildman–Crippen MR) is 80.5 cm³/mol. The third kappa shape index (κ3) is 2.09. The largest absolute Gasteiger partial charge is 0.336 e. The molecular weight excluding hydrogens is 315 g/mol. The highest BCUT2D eigenvalue weighted by Gasteiger charge is 2.28. The number of halogens is 1. The summed E-state index contributed by atoms with van der Waals surface area (Å²) in [5.41, 5.74) is 7.49. The molecule has 8 nitrogen and oxygen atoms in total. The van der Waals surface area contributed by atoms with E-state index in [1.165, 1.54) is 17.0 Å². The maximum atomic E-state index is 13.6. The molecule has 0 bridgehead atoms. The van der Waals surface area contributed by atoms with Gasteiger partial charge in [-0.05, 0) is 18.2 Å². The monoisotopic (exact) mass is 328 g/mol. The average molecular weight is 328 g/mol. The number of carbonyl (C=O) groups is 1. The number of carbonyl (C=O) groups excluding carboxylic acids is 1. The summed E-state index contributed by atoms with van der Waals surface area (Å²) in [4.78, 5) is 22.5. The van der Waals surface area contributed by atoms with E-state index >= 15 is 0 Å². The van der Waals surface area contributed by atoms with E-state index < -0.39 is 5.82 Å². The number of imidazole rings is 1. The third-order valence-corrected chi connectivity index (χ3v) is 3.90. The van der Waals surface area contributed by atoms with Gasteiger partial charge in [0.05, 0.1) is 30.0 Å². The van der Waals surface area contributed by atoms with Crippen LogP contribution in [0.2, 0.25) is 0 Å². The summed E-state index contributed by atoms with van der Waals surface area (Å²) >= 11 is 0. The smallest absolute Gasteiger partial charge is 0.278 e. The molecule has 0 fully saturated rings. The lowest BCUT2D eigenvalue weighted by Gasteiger charge is -2.14. The fourth-order valence-corrected chi connectivity index (χ4v) is 2.74. The SMILES string of the molecule is CN1Cc2c(-c3nc(CN)no3)ncn2-c2ccc(F)cc2C1=O. The number of fused-ring (bicyclic) bond motifs is 3. The van der Waals surface area contributed by atoms with E-state index in [1.54, 1.807) is 24.0 Å². The molecule has 3 aromatic rings. The van der Waals surface area contributed by atoms with E-state index in [9.17, 15) is 9.18 Å². The first kappa shape index (κ1) is 14.5. The van der Waals surface area contributed by atoms with Crippen molar-refractivity contribution in [1.29, 1.82) is 0 Å². The molecule has 1 amide bonds. The Morgan fingerprint density at radius 3 is 3.00 bits per heavy atom. The van der Waals surface area contributed by atoms with Gasteiger partial charge in [-0.25, -0.2) is 9.37 Å². The molecule has 0 spiro atoms. The van der Waals surface area contributed by atoms with Crippen LogP contribution in [0.1, 0.15) is 21.9 Å². The van der Waals surface area contributed by atoms with E-state index in [4.69, 9.17) is 10.3 Å². The van der Waals surface area contributed by atoms with Gasteiger partial charge in [0, 0.05) is 7.05 Å². The van der Waals surface area contributed by atoms with Crippen molar-refractivity contribution in [2.75, 3.05) is 7.05 Å². The topological polar surface area (TPSA) is 103 Å². The van der Waals surface area contributed by atoms with Crippen molar-refractivity contribution in [3.05, 3.63) is 47.4 Å². The second-order valence-corrected chi connectivity index (χ2v) is 5.45. The zero-order valence-corrected chi connectivity index (χ0v) is 12.7. The number of nitrogens with two attached hydrogens (primary N) is 1. The zero-order chi connectivity index (χ0) is 16.8. The van der Waals surface area contributed by atoms with Crippen LogP contribution < -0.4 is 5.73 Å². The van der Waals surface area contributed by atoms with E-state index in [2.05, 4.69) is 15.1 Å². The molecule has 0 unspecified atom stereocenters. The molecule has 2 N–H and O–H groups in total. The number of nitrogens with zero attached hydrogens (tertiary/aromatic N) is 5. The van der Waals surface area contributed by atoms with Gasteiger partial charge >= 0.3 is 0 Å². The summed E-state index contributed by atoms with van der Waals surface area (Å²) in [6.45, 7) is 0.421. The molecular formula is C15H13FN6O2. The van der Waals surface area contributed by atoms with Crippen LogP contribution in [0.5, 0.6) is 0 Å². The number of amides is 1. The maximum absolute atomic E-state index is 13.6. The summed E-state index contributed by atoms with van der Waals surface area (Å²) < 4.78 is 20.5. The molecule has 0 radical (unpaired) electrons. The van der Waals surface area contributed by atoms with Crippen molar-refractivity contribution in [3.63, 3.8) is 0 Å². The first-order valence-corrected chi connectivity index (χ1v) is 7.23. The van der Waals surface area contributed by atoms with E-state index in [-0.39, 0.29) is 30.5 Å². The number of rotatable bonds is 2. The van der Waals surface area contributed by atoms with Gasteiger partial charge in [0.1, 0.15) is 12.1 Å². The Morgan fingerprint density at radius 2 is 2.25 bits per heavy atom. The summed E-state index contributed by atoms with van der Waals surface area (Å²) in [5, 5.41) is 3.76. The van der Waals surface area contributed by atoms with Crippen LogP contribution in [0, 0.1) is 5.82 Å². The highest BCUT2D eigenvalue weighted by atomic mass is 19.1. The molecule has 122 valence electrons. The first-order valence-electron chi connectivity index (χ1n) is 7.23. The normalized spacial score (nSPS) is 13.6. The molecule has 1 aromatic carbocycles. The summed E-state index contributed by atoms with van der Waals surface area (Å²) in [7, 11) is 1.64. The van der Waals surface area contributed by atoms with E-state index in [0.29, 0.717) is 22.9 Å². The van der Waals surface area contributed by atoms with Crippen molar-refractivity contribution in [2.45, 2.75) is 13.1 Å². The molecule has 0 saturated carbocycles. The minimum absolute atomic E-state index is 0.153. The summed E-state index contributed by atoms with van der Waals surface area (Å²) in [6, 6.07) is 4.08. The molecule has 1 aliphatic rings. The average Bonchev–Trinajstić information content (AvgIpc) is 3.18. The summed E-state index contributed by atoms with van der Waals surface area (Å²) in [5.74, 6) is -0.140. The van der Waals surface area contributed by atoms with E-state index in [0.717, 1.165) is 0 Å². The Bertz CT molecular complexity index is 947. The summed E-state index contributed by atoms with van der Waals surface area (Å²) in [6.07, 6.45) is 1.56. The van der Waals surface area contributed by atoms with Crippen LogP contribution in [0.3, 0.4) is 0 Å². The highest BCUT2D eigenvalue weighted by molar-refractivity contribution is 5.98. The van der Waals surface area contributed by atoms with Crippen molar-refractivity contribution in [3.8, 4) is 17.3 Å². The Labute approximate surface area is 135 Å². The second kappa shape index (κ2) is 5.24. The predicted octanol–water partition coefficient (Wildman–Crippen LogP) is 1.11. The Balaban J connectivity index is 1.92. The standard InChI is InChI=1S/C15H13FN6O2/c1-21-6-11-13(14-19-12(5-17)20-24-14)18-7-22(11)10-3-2-8(16)4-9(10)15(21)23/h2-4,7H,5-6,17H2,1H3. The van der Waals surface area contributed by atoms with E-state index in [1.807, 2.05) is 0 Å². The minimum Gasteiger partial charge on any atom is -0.336 e. The molecule has 3 heterocycles. The van der Waals surface area contributed by atoms with Crippen LogP contribution in [0.15, 0.2) is 29.0 Å². The van der Waals surface area contributed by atoms with Gasteiger partial charge < -0.3 is 15.2 Å². The zero-order valence-electron chi connectivity index (χ0n) is 12.7. The lowest BCUT2D eigenvalue weighted by Crippen LogP contribution is -2.25. The van der Waals surface area contributed by atoms with Crippen LogP contribution in [-0.4, -0.2) is 37.5 Å². The van der Waals surface area contributed by atoms with Crippen molar-refractivity contribution >= 4 is 5.91 Å². The molecule has 24 heavy (non-hydrogen) atoms. The minimum atomic E-state index is -0.469. The molecule has 9 heteroatoms. The van der Waals surface area contributed by atoms with Gasteiger partial charge in [-0.1, -0.05) is 5.16 Å². The lowest BCUT2D eigenvalue weighted by atomic mass is 10.1. The van der Waals surface area contributed by atoms with Crippen molar-refractivity contribution in [1.82, 2.24) is 24.6 Å². The van der Waals surface area contributed by atoms with Gasteiger partial charge in [0.2, 0.25) is 0 Å². The number of aromatic nitrogens is 4. The van der Waals surface area contributed by atoms with Crippen LogP contribution >= 0.6 is 0 Å². The number of hydrogen-bond donors (Lipinski definition) is 1. The van der Waals surface area contributed by atoms with Gasteiger partial charge in [0.25, 0.3) is 11.8 Å². The Hall–Kier alpha value is -3.07.